The number of carbonyl (C=O) groups excluding carboxylic acids is 1. The Bertz CT molecular complexity index is 467. The molecule has 2 N–H and O–H groups in total. The minimum atomic E-state index is -0.271. The fourth-order valence-electron chi connectivity index (χ4n) is 2.15. The second kappa shape index (κ2) is 8.02. The Balaban J connectivity index is 0.00000200. The first-order valence-electron chi connectivity index (χ1n) is 6.60. The monoisotopic (exact) mass is 298 g/mol. The molecular formula is C15H20ClFN2O. The standard InChI is InChI=1S/C15H19FN2O.ClH/c1-11(9-12-4-6-13(16)7-5-12)15(19)18-14-3-2-8-17-10-14;/h4-7,9,14,17H,2-3,8,10H2,1H3,(H,18,19);1H/b11-9+;. The Labute approximate surface area is 125 Å². The summed E-state index contributed by atoms with van der Waals surface area (Å²) in [5.74, 6) is -0.328. The number of nitrogens with one attached hydrogen (secondary N) is 2. The predicted molar refractivity (Wildman–Crippen MR) is 81.3 cm³/mol. The average Bonchev–Trinajstić information content (AvgIpc) is 2.42. The van der Waals surface area contributed by atoms with Crippen molar-refractivity contribution >= 4 is 24.4 Å². The zero-order valence-electron chi connectivity index (χ0n) is 11.5. The molecule has 1 saturated heterocycles. The third-order valence-electron chi connectivity index (χ3n) is 3.24. The predicted octanol–water partition coefficient (Wildman–Crippen LogP) is 2.52. The highest BCUT2D eigenvalue weighted by molar-refractivity contribution is 5.97. The van der Waals surface area contributed by atoms with E-state index in [9.17, 15) is 9.18 Å². The molecule has 2 rings (SSSR count). The van der Waals surface area contributed by atoms with Crippen molar-refractivity contribution in [1.29, 1.82) is 0 Å². The van der Waals surface area contributed by atoms with Crippen molar-refractivity contribution in [2.45, 2.75) is 25.8 Å². The van der Waals surface area contributed by atoms with Crippen molar-refractivity contribution in [3.05, 3.63) is 41.2 Å². The average molecular weight is 299 g/mol. The topological polar surface area (TPSA) is 41.1 Å². The van der Waals surface area contributed by atoms with Gasteiger partial charge in [0.15, 0.2) is 0 Å². The Morgan fingerprint density at radius 2 is 2.10 bits per heavy atom. The Morgan fingerprint density at radius 3 is 2.70 bits per heavy atom. The number of piperidine rings is 1. The summed E-state index contributed by atoms with van der Waals surface area (Å²) < 4.78 is 12.8. The van der Waals surface area contributed by atoms with E-state index in [2.05, 4.69) is 10.6 Å². The molecule has 1 aromatic rings. The number of hydrogen-bond donors (Lipinski definition) is 2. The number of rotatable bonds is 3. The summed E-state index contributed by atoms with van der Waals surface area (Å²) in [6, 6.07) is 6.31. The molecule has 1 amide bonds. The molecule has 0 saturated carbocycles. The lowest BCUT2D eigenvalue weighted by Crippen LogP contribution is -2.45. The third-order valence-corrected chi connectivity index (χ3v) is 3.24. The number of benzene rings is 1. The highest BCUT2D eigenvalue weighted by atomic mass is 35.5. The van der Waals surface area contributed by atoms with Crippen LogP contribution in [0.4, 0.5) is 4.39 Å². The molecule has 20 heavy (non-hydrogen) atoms. The number of amides is 1. The Kier molecular flexibility index (Phi) is 6.68. The highest BCUT2D eigenvalue weighted by Crippen LogP contribution is 2.09. The van der Waals surface area contributed by atoms with Gasteiger partial charge < -0.3 is 10.6 Å². The van der Waals surface area contributed by atoms with Gasteiger partial charge >= 0.3 is 0 Å². The van der Waals surface area contributed by atoms with E-state index < -0.39 is 0 Å². The summed E-state index contributed by atoms with van der Waals surface area (Å²) >= 11 is 0. The van der Waals surface area contributed by atoms with Crippen LogP contribution in [0.5, 0.6) is 0 Å². The van der Waals surface area contributed by atoms with Crippen molar-refractivity contribution in [2.75, 3.05) is 13.1 Å². The third kappa shape index (κ3) is 4.94. The maximum Gasteiger partial charge on any atom is 0.247 e. The molecule has 1 aliphatic rings. The van der Waals surface area contributed by atoms with Crippen LogP contribution >= 0.6 is 12.4 Å². The summed E-state index contributed by atoms with van der Waals surface area (Å²) in [4.78, 5) is 12.0. The smallest absolute Gasteiger partial charge is 0.247 e. The van der Waals surface area contributed by atoms with Crippen LogP contribution in [-0.2, 0) is 4.79 Å². The summed E-state index contributed by atoms with van der Waals surface area (Å²) in [5, 5.41) is 6.27. The van der Waals surface area contributed by atoms with E-state index in [1.54, 1.807) is 25.1 Å². The fourth-order valence-corrected chi connectivity index (χ4v) is 2.15. The van der Waals surface area contributed by atoms with Crippen LogP contribution in [0.1, 0.15) is 25.3 Å². The van der Waals surface area contributed by atoms with Crippen molar-refractivity contribution in [2.24, 2.45) is 0 Å². The number of hydrogen-bond acceptors (Lipinski definition) is 2. The maximum atomic E-state index is 12.8. The van der Waals surface area contributed by atoms with E-state index in [1.807, 2.05) is 0 Å². The molecule has 1 aliphatic heterocycles. The first kappa shape index (κ1) is 16.7. The van der Waals surface area contributed by atoms with Gasteiger partial charge in [-0.3, -0.25) is 4.79 Å². The summed E-state index contributed by atoms with van der Waals surface area (Å²) in [7, 11) is 0. The lowest BCUT2D eigenvalue weighted by atomic mass is 10.1. The quantitative estimate of drug-likeness (QED) is 0.842. The molecule has 1 unspecified atom stereocenters. The molecule has 1 aromatic carbocycles. The molecular weight excluding hydrogens is 279 g/mol. The van der Waals surface area contributed by atoms with Gasteiger partial charge in [0.2, 0.25) is 5.91 Å². The highest BCUT2D eigenvalue weighted by Gasteiger charge is 2.15. The maximum absolute atomic E-state index is 12.8. The summed E-state index contributed by atoms with van der Waals surface area (Å²) in [6.07, 6.45) is 3.87. The summed E-state index contributed by atoms with van der Waals surface area (Å²) in [5.41, 5.74) is 1.47. The van der Waals surface area contributed by atoms with Gasteiger partial charge in [-0.15, -0.1) is 12.4 Å². The van der Waals surface area contributed by atoms with Crippen LogP contribution in [0, 0.1) is 5.82 Å². The zero-order chi connectivity index (χ0) is 13.7. The molecule has 0 bridgehead atoms. The van der Waals surface area contributed by atoms with Crippen molar-refractivity contribution < 1.29 is 9.18 Å². The van der Waals surface area contributed by atoms with Gasteiger partial charge in [0.05, 0.1) is 0 Å². The molecule has 5 heteroatoms. The lowest BCUT2D eigenvalue weighted by Gasteiger charge is -2.23. The number of carbonyl (C=O) groups is 1. The second-order valence-corrected chi connectivity index (χ2v) is 4.90. The minimum absolute atomic E-state index is 0. The van der Waals surface area contributed by atoms with Gasteiger partial charge in [0.1, 0.15) is 5.82 Å². The van der Waals surface area contributed by atoms with Gasteiger partial charge in [0, 0.05) is 18.2 Å². The van der Waals surface area contributed by atoms with Gasteiger partial charge in [-0.25, -0.2) is 4.39 Å². The fraction of sp³-hybridized carbons (Fsp3) is 0.400. The van der Waals surface area contributed by atoms with Crippen molar-refractivity contribution in [3.8, 4) is 0 Å². The minimum Gasteiger partial charge on any atom is -0.348 e. The lowest BCUT2D eigenvalue weighted by molar-refractivity contribution is -0.118. The van der Waals surface area contributed by atoms with E-state index in [0.717, 1.165) is 31.5 Å². The van der Waals surface area contributed by atoms with Crippen molar-refractivity contribution in [3.63, 3.8) is 0 Å². The molecule has 0 radical (unpaired) electrons. The first-order valence-corrected chi connectivity index (χ1v) is 6.60. The van der Waals surface area contributed by atoms with Crippen LogP contribution in [0.25, 0.3) is 6.08 Å². The molecule has 0 aromatic heterocycles. The molecule has 3 nitrogen and oxygen atoms in total. The number of halogens is 2. The Hall–Kier alpha value is -1.39. The van der Waals surface area contributed by atoms with E-state index in [0.29, 0.717) is 5.57 Å². The largest absolute Gasteiger partial charge is 0.348 e. The molecule has 0 spiro atoms. The zero-order valence-corrected chi connectivity index (χ0v) is 12.3. The van der Waals surface area contributed by atoms with Crippen LogP contribution in [0.3, 0.4) is 0 Å². The van der Waals surface area contributed by atoms with Crippen LogP contribution in [0.2, 0.25) is 0 Å². The summed E-state index contributed by atoms with van der Waals surface area (Å²) in [6.45, 7) is 3.63. The van der Waals surface area contributed by atoms with E-state index in [1.165, 1.54) is 12.1 Å². The normalized spacial score (nSPS) is 19.1. The van der Waals surface area contributed by atoms with E-state index in [-0.39, 0.29) is 30.2 Å². The van der Waals surface area contributed by atoms with E-state index >= 15 is 0 Å². The molecule has 110 valence electrons. The molecule has 1 heterocycles. The molecule has 1 atom stereocenters. The van der Waals surface area contributed by atoms with Crippen LogP contribution in [0.15, 0.2) is 29.8 Å². The van der Waals surface area contributed by atoms with Gasteiger partial charge in [0.25, 0.3) is 0 Å². The Morgan fingerprint density at radius 1 is 1.40 bits per heavy atom. The SMILES string of the molecule is C/C(=C\c1ccc(F)cc1)C(=O)NC1CCCNC1.Cl. The van der Waals surface area contributed by atoms with Gasteiger partial charge in [-0.1, -0.05) is 12.1 Å². The van der Waals surface area contributed by atoms with Gasteiger partial charge in [-0.2, -0.15) is 0 Å². The van der Waals surface area contributed by atoms with Crippen LogP contribution < -0.4 is 10.6 Å². The van der Waals surface area contributed by atoms with E-state index in [4.69, 9.17) is 0 Å². The second-order valence-electron chi connectivity index (χ2n) is 4.90. The molecule has 0 aliphatic carbocycles. The van der Waals surface area contributed by atoms with Crippen LogP contribution in [-0.4, -0.2) is 25.0 Å². The molecule has 1 fully saturated rings. The van der Waals surface area contributed by atoms with Crippen molar-refractivity contribution in [1.82, 2.24) is 10.6 Å². The first-order chi connectivity index (χ1) is 9.15. The van der Waals surface area contributed by atoms with Gasteiger partial charge in [-0.05, 0) is 50.1 Å².